The first-order valence-electron chi connectivity index (χ1n) is 8.64. The zero-order chi connectivity index (χ0) is 18.5. The van der Waals surface area contributed by atoms with E-state index in [2.05, 4.69) is 5.32 Å². The van der Waals surface area contributed by atoms with Crippen molar-refractivity contribution in [3.8, 4) is 0 Å². The predicted molar refractivity (Wildman–Crippen MR) is 106 cm³/mol. The van der Waals surface area contributed by atoms with Gasteiger partial charge in [0.2, 0.25) is 5.91 Å². The van der Waals surface area contributed by atoms with E-state index in [1.165, 1.54) is 22.3 Å². The molecule has 1 aromatic carbocycles. The Labute approximate surface area is 161 Å². The Kier molecular flexibility index (Phi) is 6.12. The van der Waals surface area contributed by atoms with Crippen LogP contribution in [0.1, 0.15) is 46.1 Å². The van der Waals surface area contributed by atoms with E-state index in [9.17, 15) is 9.59 Å². The van der Waals surface area contributed by atoms with Gasteiger partial charge in [0, 0.05) is 16.0 Å². The highest BCUT2D eigenvalue weighted by molar-refractivity contribution is 7.17. The lowest BCUT2D eigenvalue weighted by Crippen LogP contribution is -2.14. The summed E-state index contributed by atoms with van der Waals surface area (Å²) in [6.45, 7) is 2.09. The number of rotatable bonds is 5. The molecule has 3 rings (SSSR count). The van der Waals surface area contributed by atoms with Crippen LogP contribution in [0, 0.1) is 0 Å². The highest BCUT2D eigenvalue weighted by Gasteiger charge is 2.26. The normalized spacial score (nSPS) is 13.5. The molecule has 1 aliphatic carbocycles. The van der Waals surface area contributed by atoms with Gasteiger partial charge in [-0.3, -0.25) is 4.79 Å². The van der Waals surface area contributed by atoms with Gasteiger partial charge in [0.25, 0.3) is 0 Å². The van der Waals surface area contributed by atoms with Crippen molar-refractivity contribution in [2.45, 2.75) is 32.6 Å². The second-order valence-electron chi connectivity index (χ2n) is 6.01. The lowest BCUT2D eigenvalue weighted by molar-refractivity contribution is -0.111. The Morgan fingerprint density at radius 1 is 1.31 bits per heavy atom. The minimum atomic E-state index is -0.360. The van der Waals surface area contributed by atoms with Crippen molar-refractivity contribution in [3.63, 3.8) is 0 Å². The molecule has 0 unspecified atom stereocenters. The van der Waals surface area contributed by atoms with Gasteiger partial charge >= 0.3 is 5.97 Å². The van der Waals surface area contributed by atoms with E-state index in [-0.39, 0.29) is 11.9 Å². The fraction of sp³-hybridized carbons (Fsp3) is 0.300. The lowest BCUT2D eigenvalue weighted by atomic mass is 9.95. The van der Waals surface area contributed by atoms with Gasteiger partial charge in [0.05, 0.1) is 12.2 Å². The molecule has 0 spiro atoms. The fourth-order valence-electron chi connectivity index (χ4n) is 3.01. The molecule has 136 valence electrons. The molecular formula is C20H20ClNO3S. The highest BCUT2D eigenvalue weighted by Crippen LogP contribution is 2.38. The molecule has 0 radical (unpaired) electrons. The average Bonchev–Trinajstić information content (AvgIpc) is 2.98. The maximum absolute atomic E-state index is 12.4. The first-order valence-corrected chi connectivity index (χ1v) is 9.84. The van der Waals surface area contributed by atoms with Crippen molar-refractivity contribution < 1.29 is 14.3 Å². The van der Waals surface area contributed by atoms with Gasteiger partial charge in [0.1, 0.15) is 5.00 Å². The average molecular weight is 390 g/mol. The molecule has 4 nitrogen and oxygen atoms in total. The number of ether oxygens (including phenoxy) is 1. The summed E-state index contributed by atoms with van der Waals surface area (Å²) in [4.78, 5) is 25.9. The van der Waals surface area contributed by atoms with Crippen LogP contribution in [0.5, 0.6) is 0 Å². The number of benzene rings is 1. The minimum Gasteiger partial charge on any atom is -0.462 e. The highest BCUT2D eigenvalue weighted by atomic mass is 35.5. The number of carbonyl (C=O) groups is 2. The number of anilines is 1. The summed E-state index contributed by atoms with van der Waals surface area (Å²) in [5.41, 5.74) is 2.40. The van der Waals surface area contributed by atoms with Crippen LogP contribution < -0.4 is 5.32 Å². The summed E-state index contributed by atoms with van der Waals surface area (Å²) < 4.78 is 5.20. The molecule has 1 N–H and O–H groups in total. The van der Waals surface area contributed by atoms with Crippen LogP contribution in [0.4, 0.5) is 5.00 Å². The van der Waals surface area contributed by atoms with Crippen LogP contribution in [0.3, 0.4) is 0 Å². The third-order valence-corrected chi connectivity index (χ3v) is 5.61. The van der Waals surface area contributed by atoms with Gasteiger partial charge in [-0.2, -0.15) is 0 Å². The summed E-state index contributed by atoms with van der Waals surface area (Å²) in [5, 5.41) is 4.04. The van der Waals surface area contributed by atoms with E-state index in [4.69, 9.17) is 16.3 Å². The van der Waals surface area contributed by atoms with E-state index < -0.39 is 0 Å². The number of thiophene rings is 1. The van der Waals surface area contributed by atoms with Crippen molar-refractivity contribution in [1.29, 1.82) is 0 Å². The topological polar surface area (TPSA) is 55.4 Å². The smallest absolute Gasteiger partial charge is 0.341 e. The van der Waals surface area contributed by atoms with E-state index in [0.29, 0.717) is 22.2 Å². The molecule has 0 aliphatic heterocycles. The number of carbonyl (C=O) groups excluding carboxylic acids is 2. The number of aryl methyl sites for hydroxylation is 1. The summed E-state index contributed by atoms with van der Waals surface area (Å²) in [6, 6.07) is 7.25. The molecule has 1 heterocycles. The van der Waals surface area contributed by atoms with Gasteiger partial charge in [-0.25, -0.2) is 4.79 Å². The van der Waals surface area contributed by atoms with Crippen molar-refractivity contribution >= 4 is 45.9 Å². The lowest BCUT2D eigenvalue weighted by Gasteiger charge is -2.12. The van der Waals surface area contributed by atoms with E-state index in [0.717, 1.165) is 36.8 Å². The number of hydrogen-bond donors (Lipinski definition) is 1. The van der Waals surface area contributed by atoms with E-state index in [1.54, 1.807) is 25.1 Å². The molecule has 0 bridgehead atoms. The summed E-state index contributed by atoms with van der Waals surface area (Å²) >= 11 is 7.43. The molecule has 6 heteroatoms. The summed E-state index contributed by atoms with van der Waals surface area (Å²) in [7, 11) is 0. The molecule has 1 amide bonds. The van der Waals surface area contributed by atoms with Gasteiger partial charge in [-0.1, -0.05) is 23.7 Å². The Morgan fingerprint density at radius 2 is 2.12 bits per heavy atom. The Balaban J connectivity index is 1.81. The molecule has 0 atom stereocenters. The molecule has 26 heavy (non-hydrogen) atoms. The van der Waals surface area contributed by atoms with Crippen LogP contribution in [-0.4, -0.2) is 18.5 Å². The van der Waals surface area contributed by atoms with Gasteiger partial charge < -0.3 is 10.1 Å². The second-order valence-corrected chi connectivity index (χ2v) is 7.55. The zero-order valence-electron chi connectivity index (χ0n) is 14.5. The van der Waals surface area contributed by atoms with Crippen LogP contribution in [0.25, 0.3) is 6.08 Å². The van der Waals surface area contributed by atoms with Crippen molar-refractivity contribution in [2.24, 2.45) is 0 Å². The second kappa shape index (κ2) is 8.52. The summed E-state index contributed by atoms with van der Waals surface area (Å²) in [6.07, 6.45) is 7.10. The Morgan fingerprint density at radius 3 is 2.88 bits per heavy atom. The molecule has 2 aromatic rings. The fourth-order valence-corrected chi connectivity index (χ4v) is 4.49. The number of fused-ring (bicyclic) bond motifs is 1. The van der Waals surface area contributed by atoms with E-state index in [1.807, 2.05) is 12.1 Å². The Hall–Kier alpha value is -2.11. The summed E-state index contributed by atoms with van der Waals surface area (Å²) in [5.74, 6) is -0.643. The largest absolute Gasteiger partial charge is 0.462 e. The first kappa shape index (κ1) is 18.7. The SMILES string of the molecule is CCOC(=O)c1c(NC(=O)C=Cc2cccc(Cl)c2)sc2c1CCCC2. The molecule has 1 aliphatic rings. The number of nitrogens with one attached hydrogen (secondary N) is 1. The number of amides is 1. The van der Waals surface area contributed by atoms with Crippen molar-refractivity contribution in [3.05, 3.63) is 56.9 Å². The van der Waals surface area contributed by atoms with E-state index >= 15 is 0 Å². The number of hydrogen-bond acceptors (Lipinski definition) is 4. The van der Waals surface area contributed by atoms with Gasteiger partial charge in [-0.05, 0) is 61.9 Å². The maximum Gasteiger partial charge on any atom is 0.341 e. The van der Waals surface area contributed by atoms with Crippen LogP contribution in [-0.2, 0) is 22.4 Å². The standard InChI is InChI=1S/C20H20ClNO3S/c1-2-25-20(24)18-15-8-3-4-9-16(15)26-19(18)22-17(23)11-10-13-6-5-7-14(21)12-13/h5-7,10-12H,2-4,8-9H2,1H3,(H,22,23). The quantitative estimate of drug-likeness (QED) is 0.571. The molecule has 1 aromatic heterocycles. The van der Waals surface area contributed by atoms with Crippen molar-refractivity contribution in [2.75, 3.05) is 11.9 Å². The number of halogens is 1. The third kappa shape index (κ3) is 4.34. The molecular weight excluding hydrogens is 370 g/mol. The third-order valence-electron chi connectivity index (χ3n) is 4.16. The Bertz CT molecular complexity index is 857. The van der Waals surface area contributed by atoms with Crippen LogP contribution in [0.15, 0.2) is 30.3 Å². The maximum atomic E-state index is 12.4. The minimum absolute atomic E-state index is 0.283. The zero-order valence-corrected chi connectivity index (χ0v) is 16.1. The van der Waals surface area contributed by atoms with Crippen LogP contribution in [0.2, 0.25) is 5.02 Å². The van der Waals surface area contributed by atoms with Crippen molar-refractivity contribution in [1.82, 2.24) is 0 Å². The van der Waals surface area contributed by atoms with Crippen LogP contribution >= 0.6 is 22.9 Å². The molecule has 0 saturated heterocycles. The monoisotopic (exact) mass is 389 g/mol. The first-order chi connectivity index (χ1) is 12.6. The predicted octanol–water partition coefficient (Wildman–Crippen LogP) is 5.11. The molecule has 0 fully saturated rings. The molecule has 0 saturated carbocycles. The van der Waals surface area contributed by atoms with Gasteiger partial charge in [-0.15, -0.1) is 11.3 Å². The number of esters is 1. The van der Waals surface area contributed by atoms with Gasteiger partial charge in [0.15, 0.2) is 0 Å².